The van der Waals surface area contributed by atoms with E-state index < -0.39 is 0 Å². The van der Waals surface area contributed by atoms with Gasteiger partial charge in [-0.25, -0.2) is 4.98 Å². The Morgan fingerprint density at radius 1 is 1.37 bits per heavy atom. The van der Waals surface area contributed by atoms with Crippen LogP contribution in [0.3, 0.4) is 0 Å². The number of nitrogens with zero attached hydrogens (tertiary/aromatic N) is 3. The predicted molar refractivity (Wildman–Crippen MR) is 108 cm³/mol. The van der Waals surface area contributed by atoms with Gasteiger partial charge in [-0.05, 0) is 24.6 Å². The fraction of sp³-hybridized carbons (Fsp3) is 0.278. The van der Waals surface area contributed by atoms with Gasteiger partial charge in [0.15, 0.2) is 11.0 Å². The van der Waals surface area contributed by atoms with Gasteiger partial charge in [-0.3, -0.25) is 4.79 Å². The molecule has 0 fully saturated rings. The summed E-state index contributed by atoms with van der Waals surface area (Å²) in [6, 6.07) is 9.71. The average molecular weight is 451 g/mol. The van der Waals surface area contributed by atoms with Crippen molar-refractivity contribution < 1.29 is 14.1 Å². The number of rotatable bonds is 8. The van der Waals surface area contributed by atoms with Crippen LogP contribution in [0, 0.1) is 6.92 Å². The van der Waals surface area contributed by atoms with Gasteiger partial charge in [0.2, 0.25) is 5.91 Å². The zero-order valence-electron chi connectivity index (χ0n) is 14.9. The van der Waals surface area contributed by atoms with Crippen LogP contribution in [0.15, 0.2) is 50.7 Å². The summed E-state index contributed by atoms with van der Waals surface area (Å²) in [6.07, 6.45) is 1.82. The van der Waals surface area contributed by atoms with Crippen molar-refractivity contribution in [3.05, 3.63) is 46.8 Å². The Morgan fingerprint density at radius 3 is 2.81 bits per heavy atom. The standard InChI is InChI=1S/C18H19BrN4O3S/c1-12-9-16(22-26-12)21-17(24)11-27-18-20-10-15(23(18)7-8-25-2)13-3-5-14(19)6-4-13/h3-6,9-10H,7-8,11H2,1-2H3,(H,21,22,24). The SMILES string of the molecule is COCCn1c(-c2ccc(Br)cc2)cnc1SCC(=O)Nc1cc(C)on1. The van der Waals surface area contributed by atoms with Crippen LogP contribution in [-0.2, 0) is 16.1 Å². The minimum Gasteiger partial charge on any atom is -0.383 e. The molecule has 7 nitrogen and oxygen atoms in total. The topological polar surface area (TPSA) is 82.2 Å². The maximum absolute atomic E-state index is 12.2. The highest BCUT2D eigenvalue weighted by Crippen LogP contribution is 2.27. The van der Waals surface area contributed by atoms with Crippen molar-refractivity contribution >= 4 is 39.4 Å². The Balaban J connectivity index is 1.72. The van der Waals surface area contributed by atoms with E-state index in [1.807, 2.05) is 30.5 Å². The number of aromatic nitrogens is 3. The average Bonchev–Trinajstić information content (AvgIpc) is 3.24. The van der Waals surface area contributed by atoms with E-state index in [4.69, 9.17) is 9.26 Å². The number of hydrogen-bond donors (Lipinski definition) is 1. The number of anilines is 1. The van der Waals surface area contributed by atoms with Crippen molar-refractivity contribution in [2.75, 3.05) is 24.8 Å². The van der Waals surface area contributed by atoms with E-state index in [2.05, 4.69) is 36.0 Å². The second kappa shape index (κ2) is 9.20. The summed E-state index contributed by atoms with van der Waals surface area (Å²) < 4.78 is 13.2. The first-order valence-electron chi connectivity index (χ1n) is 8.23. The first kappa shape index (κ1) is 19.7. The van der Waals surface area contributed by atoms with Crippen molar-refractivity contribution in [3.63, 3.8) is 0 Å². The molecule has 1 amide bonds. The van der Waals surface area contributed by atoms with E-state index in [1.165, 1.54) is 11.8 Å². The number of amides is 1. The fourth-order valence-corrected chi connectivity index (χ4v) is 3.53. The maximum Gasteiger partial charge on any atom is 0.236 e. The maximum atomic E-state index is 12.2. The number of thioether (sulfide) groups is 1. The number of aryl methyl sites for hydroxylation is 1. The molecule has 0 saturated carbocycles. The van der Waals surface area contributed by atoms with Crippen LogP contribution in [0.2, 0.25) is 0 Å². The molecule has 0 aliphatic carbocycles. The third-order valence-electron chi connectivity index (χ3n) is 3.71. The molecule has 1 N–H and O–H groups in total. The number of imidazole rings is 1. The van der Waals surface area contributed by atoms with Crippen molar-refractivity contribution in [2.24, 2.45) is 0 Å². The molecule has 2 heterocycles. The summed E-state index contributed by atoms with van der Waals surface area (Å²) in [7, 11) is 1.66. The smallest absolute Gasteiger partial charge is 0.236 e. The lowest BCUT2D eigenvalue weighted by Gasteiger charge is -2.11. The number of halogens is 1. The van der Waals surface area contributed by atoms with Crippen molar-refractivity contribution in [2.45, 2.75) is 18.6 Å². The van der Waals surface area contributed by atoms with Gasteiger partial charge in [-0.1, -0.05) is 45.0 Å². The molecule has 0 aliphatic rings. The van der Waals surface area contributed by atoms with Gasteiger partial charge in [0, 0.05) is 24.2 Å². The number of nitrogens with one attached hydrogen (secondary N) is 1. The van der Waals surface area contributed by atoms with Crippen molar-refractivity contribution in [1.82, 2.24) is 14.7 Å². The number of hydrogen-bond acceptors (Lipinski definition) is 6. The van der Waals surface area contributed by atoms with Crippen LogP contribution in [0.5, 0.6) is 0 Å². The minimum atomic E-state index is -0.167. The Labute approximate surface area is 169 Å². The van der Waals surface area contributed by atoms with E-state index in [0.717, 1.165) is 20.9 Å². The summed E-state index contributed by atoms with van der Waals surface area (Å²) in [6.45, 7) is 2.97. The summed E-state index contributed by atoms with van der Waals surface area (Å²) in [5, 5.41) is 7.23. The van der Waals surface area contributed by atoms with Crippen LogP contribution >= 0.6 is 27.7 Å². The molecule has 3 rings (SSSR count). The van der Waals surface area contributed by atoms with E-state index in [-0.39, 0.29) is 11.7 Å². The molecular formula is C18H19BrN4O3S. The molecule has 0 bridgehead atoms. The van der Waals surface area contributed by atoms with Gasteiger partial charge in [0.1, 0.15) is 5.76 Å². The van der Waals surface area contributed by atoms with E-state index in [1.54, 1.807) is 20.1 Å². The molecule has 0 saturated heterocycles. The van der Waals surface area contributed by atoms with Crippen LogP contribution in [0.4, 0.5) is 5.82 Å². The summed E-state index contributed by atoms with van der Waals surface area (Å²) >= 11 is 4.82. The molecule has 1 aromatic carbocycles. The molecule has 142 valence electrons. The van der Waals surface area contributed by atoms with Crippen LogP contribution in [-0.4, -0.2) is 40.1 Å². The predicted octanol–water partition coefficient (Wildman–Crippen LogP) is 3.99. The van der Waals surface area contributed by atoms with Gasteiger partial charge in [0.05, 0.1) is 24.3 Å². The lowest BCUT2D eigenvalue weighted by Crippen LogP contribution is -2.15. The molecule has 0 spiro atoms. The van der Waals surface area contributed by atoms with E-state index in [0.29, 0.717) is 24.7 Å². The first-order valence-corrected chi connectivity index (χ1v) is 10.0. The Bertz CT molecular complexity index is 908. The molecule has 0 atom stereocenters. The highest BCUT2D eigenvalue weighted by atomic mass is 79.9. The van der Waals surface area contributed by atoms with Crippen molar-refractivity contribution in [1.29, 1.82) is 0 Å². The number of carbonyl (C=O) groups is 1. The number of benzene rings is 1. The normalized spacial score (nSPS) is 10.9. The first-order chi connectivity index (χ1) is 13.1. The Hall–Kier alpha value is -2.10. The van der Waals surface area contributed by atoms with E-state index in [9.17, 15) is 4.79 Å². The molecule has 27 heavy (non-hydrogen) atoms. The Morgan fingerprint density at radius 2 is 2.15 bits per heavy atom. The van der Waals surface area contributed by atoms with Gasteiger partial charge in [-0.2, -0.15) is 0 Å². The second-order valence-electron chi connectivity index (χ2n) is 5.74. The van der Waals surface area contributed by atoms with Crippen LogP contribution in [0.1, 0.15) is 5.76 Å². The van der Waals surface area contributed by atoms with Crippen LogP contribution in [0.25, 0.3) is 11.3 Å². The Kier molecular flexibility index (Phi) is 6.70. The largest absolute Gasteiger partial charge is 0.383 e. The highest BCUT2D eigenvalue weighted by Gasteiger charge is 2.14. The lowest BCUT2D eigenvalue weighted by molar-refractivity contribution is -0.113. The van der Waals surface area contributed by atoms with Crippen LogP contribution < -0.4 is 5.32 Å². The zero-order chi connectivity index (χ0) is 19.2. The summed E-state index contributed by atoms with van der Waals surface area (Å²) in [4.78, 5) is 16.6. The molecule has 9 heteroatoms. The third kappa shape index (κ3) is 5.21. The van der Waals surface area contributed by atoms with Gasteiger partial charge in [0.25, 0.3) is 0 Å². The molecule has 3 aromatic rings. The van der Waals surface area contributed by atoms with Gasteiger partial charge >= 0.3 is 0 Å². The third-order valence-corrected chi connectivity index (χ3v) is 5.22. The zero-order valence-corrected chi connectivity index (χ0v) is 17.3. The highest BCUT2D eigenvalue weighted by molar-refractivity contribution is 9.10. The summed E-state index contributed by atoms with van der Waals surface area (Å²) in [5.41, 5.74) is 2.03. The fourth-order valence-electron chi connectivity index (χ4n) is 2.46. The molecule has 0 unspecified atom stereocenters. The molecule has 2 aromatic heterocycles. The van der Waals surface area contributed by atoms with Gasteiger partial charge in [-0.15, -0.1) is 0 Å². The second-order valence-corrected chi connectivity index (χ2v) is 7.60. The van der Waals surface area contributed by atoms with Gasteiger partial charge < -0.3 is 19.1 Å². The molecule has 0 radical (unpaired) electrons. The number of ether oxygens (including phenoxy) is 1. The molecule has 0 aliphatic heterocycles. The number of carbonyl (C=O) groups excluding carboxylic acids is 1. The van der Waals surface area contributed by atoms with Crippen molar-refractivity contribution in [3.8, 4) is 11.3 Å². The quantitative estimate of drug-likeness (QED) is 0.522. The number of methoxy groups -OCH3 is 1. The lowest BCUT2D eigenvalue weighted by atomic mass is 10.2. The molecular weight excluding hydrogens is 432 g/mol. The monoisotopic (exact) mass is 450 g/mol. The minimum absolute atomic E-state index is 0.167. The summed E-state index contributed by atoms with van der Waals surface area (Å²) in [5.74, 6) is 1.11. The van der Waals surface area contributed by atoms with E-state index >= 15 is 0 Å².